The molecule has 1 atom stereocenters. The Labute approximate surface area is 105 Å². The van der Waals surface area contributed by atoms with Crippen LogP contribution in [0.15, 0.2) is 0 Å². The van der Waals surface area contributed by atoms with Crippen molar-refractivity contribution in [1.82, 2.24) is 9.80 Å². The Kier molecular flexibility index (Phi) is 6.52. The SMILES string of the molecule is CCCCCC(C)N1CCN(CC(=O)O)CC1. The quantitative estimate of drug-likeness (QED) is 0.690. The minimum absolute atomic E-state index is 0.193. The summed E-state index contributed by atoms with van der Waals surface area (Å²) in [6, 6.07) is 0.647. The zero-order chi connectivity index (χ0) is 12.7. The highest BCUT2D eigenvalue weighted by atomic mass is 16.4. The van der Waals surface area contributed by atoms with E-state index in [0.29, 0.717) is 6.04 Å². The van der Waals surface area contributed by atoms with Gasteiger partial charge in [0.25, 0.3) is 0 Å². The lowest BCUT2D eigenvalue weighted by atomic mass is 10.1. The molecule has 17 heavy (non-hydrogen) atoms. The van der Waals surface area contributed by atoms with E-state index in [1.165, 1.54) is 25.7 Å². The maximum atomic E-state index is 10.6. The van der Waals surface area contributed by atoms with E-state index in [0.717, 1.165) is 26.2 Å². The van der Waals surface area contributed by atoms with Crippen LogP contribution in [-0.4, -0.2) is 59.6 Å². The fourth-order valence-electron chi connectivity index (χ4n) is 2.43. The van der Waals surface area contributed by atoms with Gasteiger partial charge in [0.2, 0.25) is 0 Å². The Balaban J connectivity index is 2.19. The van der Waals surface area contributed by atoms with Crippen LogP contribution in [0.1, 0.15) is 39.5 Å². The number of carboxylic acids is 1. The van der Waals surface area contributed by atoms with Crippen molar-refractivity contribution in [2.24, 2.45) is 0 Å². The topological polar surface area (TPSA) is 43.8 Å². The maximum Gasteiger partial charge on any atom is 0.317 e. The number of hydrogen-bond acceptors (Lipinski definition) is 3. The highest BCUT2D eigenvalue weighted by Crippen LogP contribution is 2.12. The van der Waals surface area contributed by atoms with Crippen molar-refractivity contribution in [3.05, 3.63) is 0 Å². The number of rotatable bonds is 7. The molecule has 4 heteroatoms. The van der Waals surface area contributed by atoms with Gasteiger partial charge < -0.3 is 5.11 Å². The van der Waals surface area contributed by atoms with Crippen molar-refractivity contribution in [2.45, 2.75) is 45.6 Å². The number of aliphatic carboxylic acids is 1. The van der Waals surface area contributed by atoms with Crippen LogP contribution in [0.4, 0.5) is 0 Å². The van der Waals surface area contributed by atoms with E-state index >= 15 is 0 Å². The van der Waals surface area contributed by atoms with Crippen LogP contribution in [0.25, 0.3) is 0 Å². The second-order valence-corrected chi connectivity index (χ2v) is 5.05. The average molecular weight is 242 g/mol. The van der Waals surface area contributed by atoms with Gasteiger partial charge in [0.05, 0.1) is 6.54 Å². The molecule has 0 amide bonds. The first kappa shape index (κ1) is 14.5. The molecule has 0 radical (unpaired) electrons. The van der Waals surface area contributed by atoms with E-state index in [4.69, 9.17) is 5.11 Å². The number of nitrogens with zero attached hydrogens (tertiary/aromatic N) is 2. The lowest BCUT2D eigenvalue weighted by Gasteiger charge is -2.37. The third-order valence-electron chi connectivity index (χ3n) is 3.61. The summed E-state index contributed by atoms with van der Waals surface area (Å²) < 4.78 is 0. The molecule has 0 aliphatic carbocycles. The summed E-state index contributed by atoms with van der Waals surface area (Å²) in [6.45, 7) is 8.53. The Morgan fingerprint density at radius 3 is 2.41 bits per heavy atom. The first-order valence-electron chi connectivity index (χ1n) is 6.81. The Morgan fingerprint density at radius 2 is 1.88 bits per heavy atom. The van der Waals surface area contributed by atoms with Crippen molar-refractivity contribution in [3.8, 4) is 0 Å². The van der Waals surface area contributed by atoms with Crippen LogP contribution in [-0.2, 0) is 4.79 Å². The molecule has 0 aromatic rings. The zero-order valence-corrected chi connectivity index (χ0v) is 11.2. The summed E-state index contributed by atoms with van der Waals surface area (Å²) in [5.74, 6) is -0.713. The van der Waals surface area contributed by atoms with Gasteiger partial charge in [-0.1, -0.05) is 26.2 Å². The normalized spacial score (nSPS) is 20.4. The van der Waals surface area contributed by atoms with Crippen molar-refractivity contribution in [2.75, 3.05) is 32.7 Å². The lowest BCUT2D eigenvalue weighted by molar-refractivity contribution is -0.138. The second kappa shape index (κ2) is 7.67. The molecule has 100 valence electrons. The van der Waals surface area contributed by atoms with Crippen molar-refractivity contribution >= 4 is 5.97 Å². The molecule has 0 spiro atoms. The number of piperazine rings is 1. The van der Waals surface area contributed by atoms with Gasteiger partial charge in [0, 0.05) is 32.2 Å². The van der Waals surface area contributed by atoms with Gasteiger partial charge in [-0.25, -0.2) is 0 Å². The number of hydrogen-bond donors (Lipinski definition) is 1. The fraction of sp³-hybridized carbons (Fsp3) is 0.923. The average Bonchev–Trinajstić information content (AvgIpc) is 2.29. The summed E-state index contributed by atoms with van der Waals surface area (Å²) in [4.78, 5) is 15.1. The molecule has 1 N–H and O–H groups in total. The van der Waals surface area contributed by atoms with Gasteiger partial charge in [0.15, 0.2) is 0 Å². The third-order valence-corrected chi connectivity index (χ3v) is 3.61. The zero-order valence-electron chi connectivity index (χ0n) is 11.2. The number of carbonyl (C=O) groups is 1. The minimum atomic E-state index is -0.713. The molecule has 4 nitrogen and oxygen atoms in total. The number of unbranched alkanes of at least 4 members (excludes halogenated alkanes) is 2. The molecule has 1 unspecified atom stereocenters. The third kappa shape index (κ3) is 5.50. The largest absolute Gasteiger partial charge is 0.480 e. The Hall–Kier alpha value is -0.610. The van der Waals surface area contributed by atoms with E-state index in [2.05, 4.69) is 18.7 Å². The molecule has 1 fully saturated rings. The van der Waals surface area contributed by atoms with E-state index in [-0.39, 0.29) is 6.54 Å². The molecular weight excluding hydrogens is 216 g/mol. The van der Waals surface area contributed by atoms with Gasteiger partial charge in [-0.05, 0) is 13.3 Å². The summed E-state index contributed by atoms with van der Waals surface area (Å²) in [5.41, 5.74) is 0. The van der Waals surface area contributed by atoms with Crippen LogP contribution in [0.2, 0.25) is 0 Å². The van der Waals surface area contributed by atoms with Crippen LogP contribution in [0, 0.1) is 0 Å². The van der Waals surface area contributed by atoms with Gasteiger partial charge in [-0.15, -0.1) is 0 Å². The summed E-state index contributed by atoms with van der Waals surface area (Å²) in [6.07, 6.45) is 5.18. The van der Waals surface area contributed by atoms with Crippen LogP contribution >= 0.6 is 0 Å². The molecule has 1 rings (SSSR count). The maximum absolute atomic E-state index is 10.6. The fourth-order valence-corrected chi connectivity index (χ4v) is 2.43. The van der Waals surface area contributed by atoms with Gasteiger partial charge in [-0.2, -0.15) is 0 Å². The Bertz CT molecular complexity index is 225. The summed E-state index contributed by atoms with van der Waals surface area (Å²) in [7, 11) is 0. The van der Waals surface area contributed by atoms with E-state index < -0.39 is 5.97 Å². The van der Waals surface area contributed by atoms with E-state index in [1.54, 1.807) is 0 Å². The van der Waals surface area contributed by atoms with Crippen LogP contribution in [0.5, 0.6) is 0 Å². The van der Waals surface area contributed by atoms with Crippen LogP contribution < -0.4 is 0 Å². The van der Waals surface area contributed by atoms with Gasteiger partial charge in [-0.3, -0.25) is 14.6 Å². The van der Waals surface area contributed by atoms with Gasteiger partial charge in [0.1, 0.15) is 0 Å². The minimum Gasteiger partial charge on any atom is -0.480 e. The standard InChI is InChI=1S/C13H26N2O2/c1-3-4-5-6-12(2)15-9-7-14(8-10-15)11-13(16)17/h12H,3-11H2,1-2H3,(H,16,17). The predicted octanol–water partition coefficient (Wildman–Crippen LogP) is 1.66. The monoisotopic (exact) mass is 242 g/mol. The highest BCUT2D eigenvalue weighted by molar-refractivity contribution is 5.69. The van der Waals surface area contributed by atoms with Gasteiger partial charge >= 0.3 is 5.97 Å². The predicted molar refractivity (Wildman–Crippen MR) is 69.3 cm³/mol. The molecule has 0 aromatic carbocycles. The summed E-state index contributed by atoms with van der Waals surface area (Å²) in [5, 5.41) is 8.73. The van der Waals surface area contributed by atoms with Crippen molar-refractivity contribution in [1.29, 1.82) is 0 Å². The number of carboxylic acid groups (broad SMARTS) is 1. The Morgan fingerprint density at radius 1 is 1.24 bits per heavy atom. The van der Waals surface area contributed by atoms with E-state index in [9.17, 15) is 4.79 Å². The smallest absolute Gasteiger partial charge is 0.317 e. The highest BCUT2D eigenvalue weighted by Gasteiger charge is 2.21. The molecule has 0 bridgehead atoms. The molecular formula is C13H26N2O2. The van der Waals surface area contributed by atoms with Crippen molar-refractivity contribution < 1.29 is 9.90 Å². The molecule has 0 saturated carbocycles. The van der Waals surface area contributed by atoms with Crippen LogP contribution in [0.3, 0.4) is 0 Å². The first-order chi connectivity index (χ1) is 8.13. The molecule has 1 heterocycles. The molecule has 1 aliphatic rings. The molecule has 1 aliphatic heterocycles. The lowest BCUT2D eigenvalue weighted by Crippen LogP contribution is -2.50. The van der Waals surface area contributed by atoms with E-state index in [1.807, 2.05) is 4.90 Å². The van der Waals surface area contributed by atoms with Crippen molar-refractivity contribution in [3.63, 3.8) is 0 Å². The summed E-state index contributed by atoms with van der Waals surface area (Å²) >= 11 is 0. The first-order valence-corrected chi connectivity index (χ1v) is 6.81. The molecule has 1 saturated heterocycles. The molecule has 0 aromatic heterocycles. The second-order valence-electron chi connectivity index (χ2n) is 5.05.